The third-order valence-electron chi connectivity index (χ3n) is 11.5. The molecule has 3 aromatic carbocycles. The highest BCUT2D eigenvalue weighted by Crippen LogP contribution is 2.20. The lowest BCUT2D eigenvalue weighted by atomic mass is 10.0. The summed E-state index contributed by atoms with van der Waals surface area (Å²) in [7, 11) is 0. The number of carbonyl (C=O) groups excluding carboxylic acids is 8. The van der Waals surface area contributed by atoms with Crippen LogP contribution in [0.15, 0.2) is 85.1 Å². The molecule has 8 amide bonds. The van der Waals surface area contributed by atoms with Crippen molar-refractivity contribution in [1.82, 2.24) is 62.8 Å². The normalized spacial score (nSPS) is 13.4. The molecule has 0 saturated carbocycles. The van der Waals surface area contributed by atoms with Gasteiger partial charge in [0.1, 0.15) is 36.3 Å². The minimum Gasteiger partial charge on any atom is -0.481 e. The summed E-state index contributed by atoms with van der Waals surface area (Å²) in [5.74, 6) is -6.39. The zero-order chi connectivity index (χ0) is 53.6. The number of rotatable bonds is 30. The van der Waals surface area contributed by atoms with E-state index in [4.69, 9.17) is 5.73 Å². The van der Waals surface area contributed by atoms with Crippen LogP contribution in [0.1, 0.15) is 54.3 Å². The molecular weight excluding hydrogens is 995 g/mol. The number of amides is 8. The van der Waals surface area contributed by atoms with Gasteiger partial charge in [-0.05, 0) is 65.2 Å². The minimum atomic E-state index is -1.69. The summed E-state index contributed by atoms with van der Waals surface area (Å²) in [5, 5.41) is 42.5. The molecule has 5 rings (SSSR count). The van der Waals surface area contributed by atoms with Crippen LogP contribution in [0.25, 0.3) is 10.9 Å². The van der Waals surface area contributed by atoms with E-state index < -0.39 is 102 Å². The Bertz CT molecular complexity index is 2710. The van der Waals surface area contributed by atoms with Crippen molar-refractivity contribution in [3.8, 4) is 0 Å². The second-order valence-corrected chi connectivity index (χ2v) is 19.1. The van der Waals surface area contributed by atoms with E-state index in [9.17, 15) is 48.3 Å². The molecule has 0 fully saturated rings. The second-order valence-electron chi connectivity index (χ2n) is 17.2. The number of carboxylic acid groups (broad SMARTS) is 1. The van der Waals surface area contributed by atoms with Gasteiger partial charge in [-0.25, -0.2) is 0 Å². The predicted molar refractivity (Wildman–Crippen MR) is 277 cm³/mol. The number of hydrogen-bond donors (Lipinski definition) is 11. The van der Waals surface area contributed by atoms with E-state index in [-0.39, 0.29) is 32.1 Å². The Hall–Kier alpha value is -7.80. The molecule has 0 radical (unpaired) electrons. The van der Waals surface area contributed by atoms with Gasteiger partial charge in [0, 0.05) is 49.7 Å². The van der Waals surface area contributed by atoms with Crippen LogP contribution in [0.2, 0.25) is 0 Å². The molecule has 23 nitrogen and oxygen atoms in total. The van der Waals surface area contributed by atoms with Crippen LogP contribution in [-0.2, 0) is 68.8 Å². The van der Waals surface area contributed by atoms with Crippen molar-refractivity contribution in [2.75, 3.05) is 30.6 Å². The van der Waals surface area contributed by atoms with Gasteiger partial charge in [0.05, 0.1) is 13.0 Å². The van der Waals surface area contributed by atoms with E-state index in [0.717, 1.165) is 22.0 Å². The fraction of sp³-hybridized carbons (Fsp3) is 0.388. The summed E-state index contributed by atoms with van der Waals surface area (Å²) in [6.07, 6.45) is 4.98. The van der Waals surface area contributed by atoms with E-state index in [2.05, 4.69) is 62.8 Å². The van der Waals surface area contributed by atoms with Gasteiger partial charge in [0.25, 0.3) is 0 Å². The van der Waals surface area contributed by atoms with Crippen LogP contribution in [0, 0.1) is 0 Å². The number of carbonyl (C=O) groups is 9. The Kier molecular flexibility index (Phi) is 22.4. The zero-order valence-electron chi connectivity index (χ0n) is 41.0. The van der Waals surface area contributed by atoms with Crippen LogP contribution in [0.5, 0.6) is 0 Å². The first-order valence-electron chi connectivity index (χ1n) is 23.5. The largest absolute Gasteiger partial charge is 0.481 e. The molecule has 2 heterocycles. The smallest absolute Gasteiger partial charge is 0.305 e. The van der Waals surface area contributed by atoms with Crippen LogP contribution in [0.4, 0.5) is 0 Å². The van der Waals surface area contributed by atoms with E-state index in [0.29, 0.717) is 34.9 Å². The number of fused-ring (bicyclic) bond motifs is 1. The zero-order valence-corrected chi connectivity index (χ0v) is 42.6. The maximum atomic E-state index is 14.3. The average molecular weight is 1060 g/mol. The number of hydrogen-bond acceptors (Lipinski definition) is 14. The van der Waals surface area contributed by atoms with E-state index in [1.54, 1.807) is 61.0 Å². The van der Waals surface area contributed by atoms with Gasteiger partial charge in [0.15, 0.2) is 5.82 Å². The molecule has 0 aliphatic carbocycles. The van der Waals surface area contributed by atoms with Crippen molar-refractivity contribution in [1.29, 1.82) is 0 Å². The first-order valence-corrected chi connectivity index (χ1v) is 26.3. The van der Waals surface area contributed by atoms with Gasteiger partial charge in [-0.3, -0.25) is 43.2 Å². The highest BCUT2D eigenvalue weighted by atomic mass is 32.2. The van der Waals surface area contributed by atoms with E-state index >= 15 is 0 Å². The van der Waals surface area contributed by atoms with Gasteiger partial charge in [-0.2, -0.15) is 28.7 Å². The van der Waals surface area contributed by atoms with E-state index in [1.807, 2.05) is 36.6 Å². The number of benzene rings is 3. The van der Waals surface area contributed by atoms with Crippen LogP contribution < -0.4 is 43.0 Å². The standard InChI is InChI=1S/C49H61N13O10S2/c1-28(63)53-38(22-30-13-15-31(16-14-30)23-41-59-61-62-60-41)47(70)55-35(17-19-73-2)45(68)52-27-42(64)54-39(24-32-26-51-34-12-8-7-11-33(32)34)48(71)56-36(18-20-74-3)46(69)58-40(25-43(65)66)49(72)57-37(44(50)67)21-29-9-5-4-6-10-29/h4-16,26,35-40,51H,17-25,27H2,1-3H3,(H2,50,67)(H,52,68)(H,53,63)(H,54,64)(H,55,70)(H,56,71)(H,57,72)(H,58,69)(H,65,66)(H,59,60,61,62)/t35-,36-,37-,38+,39-,40-/m0/s1. The molecule has 6 atom stereocenters. The summed E-state index contributed by atoms with van der Waals surface area (Å²) in [6.45, 7) is 0.638. The third kappa shape index (κ3) is 18.4. The predicted octanol–water partition coefficient (Wildman–Crippen LogP) is -0.189. The number of nitrogens with two attached hydrogens (primary N) is 1. The first kappa shape index (κ1) is 57.1. The summed E-state index contributed by atoms with van der Waals surface area (Å²) in [6, 6.07) is 15.4. The molecule has 0 unspecified atom stereocenters. The van der Waals surface area contributed by atoms with Gasteiger partial charge in [0.2, 0.25) is 47.3 Å². The lowest BCUT2D eigenvalue weighted by Gasteiger charge is -2.26. The fourth-order valence-corrected chi connectivity index (χ4v) is 8.69. The topological polar surface area (TPSA) is 354 Å². The van der Waals surface area contributed by atoms with Crippen molar-refractivity contribution in [3.05, 3.63) is 113 Å². The number of carboxylic acids is 1. The van der Waals surface area contributed by atoms with Gasteiger partial charge >= 0.3 is 5.97 Å². The Morgan fingerprint density at radius 1 is 0.622 bits per heavy atom. The number of primary amides is 1. The molecule has 0 aliphatic rings. The molecule has 12 N–H and O–H groups in total. The minimum absolute atomic E-state index is 0.00651. The van der Waals surface area contributed by atoms with Crippen LogP contribution in [0.3, 0.4) is 0 Å². The number of para-hydroxylation sites is 1. The van der Waals surface area contributed by atoms with Crippen LogP contribution in [-0.4, -0.2) is 151 Å². The fourth-order valence-electron chi connectivity index (χ4n) is 7.74. The van der Waals surface area contributed by atoms with Gasteiger partial charge < -0.3 is 53.0 Å². The summed E-state index contributed by atoms with van der Waals surface area (Å²) < 4.78 is 0. The Balaban J connectivity index is 1.28. The van der Waals surface area contributed by atoms with Crippen molar-refractivity contribution in [3.63, 3.8) is 0 Å². The Labute approximate surface area is 434 Å². The van der Waals surface area contributed by atoms with Crippen molar-refractivity contribution in [2.24, 2.45) is 5.73 Å². The Morgan fingerprint density at radius 2 is 1.16 bits per heavy atom. The number of aliphatic carboxylic acids is 1. The summed E-state index contributed by atoms with van der Waals surface area (Å²) >= 11 is 2.77. The monoisotopic (exact) mass is 1060 g/mol. The molecule has 0 spiro atoms. The molecule has 2 aromatic heterocycles. The van der Waals surface area contributed by atoms with Gasteiger partial charge in [-0.15, -0.1) is 10.2 Å². The molecule has 74 heavy (non-hydrogen) atoms. The maximum absolute atomic E-state index is 14.3. The summed E-state index contributed by atoms with van der Waals surface area (Å²) in [5.41, 5.74) is 9.23. The van der Waals surface area contributed by atoms with Crippen molar-refractivity contribution >= 4 is 87.7 Å². The molecule has 0 bridgehead atoms. The van der Waals surface area contributed by atoms with E-state index in [1.165, 1.54) is 30.4 Å². The highest BCUT2D eigenvalue weighted by Gasteiger charge is 2.33. The van der Waals surface area contributed by atoms with Crippen molar-refractivity contribution in [2.45, 2.75) is 88.1 Å². The molecule has 394 valence electrons. The molecule has 25 heteroatoms. The number of aromatic nitrogens is 5. The first-order chi connectivity index (χ1) is 35.5. The SMILES string of the molecule is CSCC[C@H](NC(=O)[C@H](Cc1c[nH]c2ccccc12)NC(=O)CNC(=O)[C@H](CCSC)NC(=O)[C@@H](Cc1ccc(Cc2nn[nH]n2)cc1)NC(C)=O)C(=O)N[C@@H](CC(=O)O)C(=O)N[C@@H](Cc1ccccc1)C(N)=O. The average Bonchev–Trinajstić information content (AvgIpc) is 4.05. The Morgan fingerprint density at radius 3 is 1.77 bits per heavy atom. The summed E-state index contributed by atoms with van der Waals surface area (Å²) in [4.78, 5) is 123. The number of nitrogens with one attached hydrogen (secondary N) is 9. The van der Waals surface area contributed by atoms with Crippen molar-refractivity contribution < 1.29 is 48.3 Å². The highest BCUT2D eigenvalue weighted by molar-refractivity contribution is 7.98. The molecular formula is C49H61N13O10S2. The third-order valence-corrected chi connectivity index (χ3v) is 12.8. The second kappa shape index (κ2) is 29.0. The number of H-pyrrole nitrogens is 2. The number of nitrogens with zero attached hydrogens (tertiary/aromatic N) is 3. The molecule has 5 aromatic rings. The van der Waals surface area contributed by atoms with Gasteiger partial charge in [-0.1, -0.05) is 78.0 Å². The quantitative estimate of drug-likeness (QED) is 0.0284. The lowest BCUT2D eigenvalue weighted by molar-refractivity contribution is -0.141. The lowest BCUT2D eigenvalue weighted by Crippen LogP contribution is -2.59. The van der Waals surface area contributed by atoms with Crippen LogP contribution >= 0.6 is 23.5 Å². The number of aromatic amines is 2. The number of thioether (sulfide) groups is 2. The molecule has 0 aliphatic heterocycles. The molecule has 0 saturated heterocycles. The maximum Gasteiger partial charge on any atom is 0.305 e. The number of tetrazole rings is 1.